The molecule has 2 rings (SSSR count). The van der Waals surface area contributed by atoms with Crippen molar-refractivity contribution in [3.8, 4) is 17.3 Å². The first kappa shape index (κ1) is 10.5. The summed E-state index contributed by atoms with van der Waals surface area (Å²) in [4.78, 5) is 4.00. The second kappa shape index (κ2) is 4.68. The third-order valence-electron chi connectivity index (χ3n) is 1.97. The van der Waals surface area contributed by atoms with E-state index < -0.39 is 0 Å². The molecule has 0 atom stereocenters. The van der Waals surface area contributed by atoms with E-state index in [4.69, 9.17) is 5.26 Å². The van der Waals surface area contributed by atoms with Gasteiger partial charge in [0.15, 0.2) is 5.82 Å². The van der Waals surface area contributed by atoms with Crippen molar-refractivity contribution in [3.05, 3.63) is 24.0 Å². The molecular formula is C10H9N5S. The molecule has 2 aromatic heterocycles. The predicted octanol–water partition coefficient (Wildman–Crippen LogP) is 1.90. The van der Waals surface area contributed by atoms with Crippen LogP contribution in [-0.2, 0) is 0 Å². The zero-order valence-electron chi connectivity index (χ0n) is 8.64. The monoisotopic (exact) mass is 231 g/mol. The lowest BCUT2D eigenvalue weighted by Gasteiger charge is -2.01. The van der Waals surface area contributed by atoms with Crippen LogP contribution in [0, 0.1) is 11.3 Å². The minimum Gasteiger partial charge on any atom is -0.368 e. The van der Waals surface area contributed by atoms with Crippen LogP contribution in [0.1, 0.15) is 12.5 Å². The molecule has 0 saturated heterocycles. The number of nitrogens with one attached hydrogen (secondary N) is 1. The van der Waals surface area contributed by atoms with Crippen LogP contribution in [-0.4, -0.2) is 20.3 Å². The number of hydrogen-bond acceptors (Lipinski definition) is 6. The van der Waals surface area contributed by atoms with Crippen LogP contribution in [0.5, 0.6) is 0 Å². The van der Waals surface area contributed by atoms with E-state index in [1.54, 1.807) is 12.3 Å². The van der Waals surface area contributed by atoms with E-state index in [1.165, 1.54) is 6.20 Å². The van der Waals surface area contributed by atoms with Crippen LogP contribution in [0.4, 0.5) is 5.82 Å². The Kier molecular flexibility index (Phi) is 3.08. The van der Waals surface area contributed by atoms with Gasteiger partial charge in [-0.1, -0.05) is 0 Å². The van der Waals surface area contributed by atoms with Gasteiger partial charge < -0.3 is 5.32 Å². The van der Waals surface area contributed by atoms with Gasteiger partial charge in [0.25, 0.3) is 0 Å². The van der Waals surface area contributed by atoms with Crippen molar-refractivity contribution in [2.24, 2.45) is 0 Å². The van der Waals surface area contributed by atoms with Gasteiger partial charge in [-0.2, -0.15) is 14.0 Å². The Bertz CT molecular complexity index is 528. The van der Waals surface area contributed by atoms with Gasteiger partial charge in [-0.15, -0.1) is 0 Å². The summed E-state index contributed by atoms with van der Waals surface area (Å²) in [6.07, 6.45) is 3.20. The second-order valence-corrected chi connectivity index (χ2v) is 3.59. The minimum atomic E-state index is 0.521. The van der Waals surface area contributed by atoms with E-state index in [2.05, 4.69) is 25.1 Å². The summed E-state index contributed by atoms with van der Waals surface area (Å²) < 4.78 is 8.35. The summed E-state index contributed by atoms with van der Waals surface area (Å²) in [7, 11) is 0. The second-order valence-electron chi connectivity index (χ2n) is 3.07. The lowest BCUT2D eigenvalue weighted by molar-refractivity contribution is 1.19. The molecule has 6 heteroatoms. The van der Waals surface area contributed by atoms with E-state index in [-0.39, 0.29) is 0 Å². The third kappa shape index (κ3) is 1.99. The molecular weight excluding hydrogens is 222 g/mol. The fourth-order valence-corrected chi connectivity index (χ4v) is 1.84. The largest absolute Gasteiger partial charge is 0.368 e. The zero-order valence-corrected chi connectivity index (χ0v) is 9.45. The van der Waals surface area contributed by atoms with Gasteiger partial charge in [0, 0.05) is 24.5 Å². The number of aromatic nitrogens is 3. The topological polar surface area (TPSA) is 74.5 Å². The maximum Gasteiger partial charge on any atom is 0.168 e. The molecule has 1 N–H and O–H groups in total. The molecule has 0 aliphatic carbocycles. The van der Waals surface area contributed by atoms with E-state index >= 15 is 0 Å². The minimum absolute atomic E-state index is 0.521. The number of nitriles is 1. The van der Waals surface area contributed by atoms with Crippen molar-refractivity contribution in [1.82, 2.24) is 13.7 Å². The van der Waals surface area contributed by atoms with Crippen molar-refractivity contribution in [1.29, 1.82) is 5.26 Å². The van der Waals surface area contributed by atoms with Crippen molar-refractivity contribution >= 4 is 17.5 Å². The molecule has 0 amide bonds. The van der Waals surface area contributed by atoms with E-state index in [1.807, 2.05) is 6.92 Å². The van der Waals surface area contributed by atoms with Crippen LogP contribution in [0.2, 0.25) is 0 Å². The summed E-state index contributed by atoms with van der Waals surface area (Å²) in [5.41, 5.74) is 2.08. The van der Waals surface area contributed by atoms with Gasteiger partial charge in [-0.05, 0) is 13.0 Å². The van der Waals surface area contributed by atoms with E-state index in [9.17, 15) is 0 Å². The summed E-state index contributed by atoms with van der Waals surface area (Å²) in [5.74, 6) is 0.740. The molecule has 0 aliphatic rings. The Labute approximate surface area is 97.1 Å². The first-order valence-electron chi connectivity index (χ1n) is 4.77. The van der Waals surface area contributed by atoms with E-state index in [0.717, 1.165) is 35.3 Å². The summed E-state index contributed by atoms with van der Waals surface area (Å²) >= 11 is 1.14. The Morgan fingerprint density at radius 3 is 3.06 bits per heavy atom. The molecule has 16 heavy (non-hydrogen) atoms. The smallest absolute Gasteiger partial charge is 0.168 e. The SMILES string of the molecule is CCNc1nsnc1-c1cncc(C#N)c1. The molecule has 0 saturated carbocycles. The van der Waals surface area contributed by atoms with E-state index in [0.29, 0.717) is 5.56 Å². The van der Waals surface area contributed by atoms with Crippen molar-refractivity contribution in [2.45, 2.75) is 6.92 Å². The number of hydrogen-bond donors (Lipinski definition) is 1. The molecule has 0 spiro atoms. The molecule has 80 valence electrons. The third-order valence-corrected chi connectivity index (χ3v) is 2.50. The highest BCUT2D eigenvalue weighted by atomic mass is 32.1. The van der Waals surface area contributed by atoms with Gasteiger partial charge in [-0.3, -0.25) is 4.98 Å². The average Bonchev–Trinajstić information content (AvgIpc) is 2.78. The number of pyridine rings is 1. The predicted molar refractivity (Wildman–Crippen MR) is 62.0 cm³/mol. The molecule has 0 aromatic carbocycles. The summed E-state index contributed by atoms with van der Waals surface area (Å²) in [6, 6.07) is 3.81. The lowest BCUT2D eigenvalue weighted by Crippen LogP contribution is -1.98. The first-order valence-corrected chi connectivity index (χ1v) is 5.50. The van der Waals surface area contributed by atoms with Gasteiger partial charge in [0.1, 0.15) is 11.8 Å². The van der Waals surface area contributed by atoms with Crippen LogP contribution < -0.4 is 5.32 Å². The Balaban J connectivity index is 2.42. The molecule has 0 aliphatic heterocycles. The average molecular weight is 231 g/mol. The number of nitrogens with zero attached hydrogens (tertiary/aromatic N) is 4. The van der Waals surface area contributed by atoms with Gasteiger partial charge in [-0.25, -0.2) is 0 Å². The van der Waals surface area contributed by atoms with Crippen molar-refractivity contribution < 1.29 is 0 Å². The number of rotatable bonds is 3. The number of anilines is 1. The van der Waals surface area contributed by atoms with Gasteiger partial charge >= 0.3 is 0 Å². The van der Waals surface area contributed by atoms with Crippen molar-refractivity contribution in [2.75, 3.05) is 11.9 Å². The maximum atomic E-state index is 8.79. The molecule has 0 fully saturated rings. The zero-order chi connectivity index (χ0) is 11.4. The highest BCUT2D eigenvalue weighted by molar-refractivity contribution is 6.99. The molecule has 5 nitrogen and oxygen atoms in total. The van der Waals surface area contributed by atoms with Gasteiger partial charge in [0.2, 0.25) is 0 Å². The van der Waals surface area contributed by atoms with Gasteiger partial charge in [0.05, 0.1) is 17.3 Å². The Hall–Kier alpha value is -2.00. The lowest BCUT2D eigenvalue weighted by atomic mass is 10.1. The van der Waals surface area contributed by atoms with Crippen LogP contribution in [0.15, 0.2) is 18.5 Å². The molecule has 0 unspecified atom stereocenters. The Morgan fingerprint density at radius 2 is 2.31 bits per heavy atom. The first-order chi connectivity index (χ1) is 7.85. The van der Waals surface area contributed by atoms with Crippen LogP contribution in [0.25, 0.3) is 11.3 Å². The summed E-state index contributed by atoms with van der Waals surface area (Å²) in [6.45, 7) is 2.77. The van der Waals surface area contributed by atoms with Crippen LogP contribution in [0.3, 0.4) is 0 Å². The molecule has 0 radical (unpaired) electrons. The summed E-state index contributed by atoms with van der Waals surface area (Å²) in [5, 5.41) is 11.9. The normalized spacial score (nSPS) is 9.75. The standard InChI is InChI=1S/C10H9N5S/c1-2-13-10-9(14-16-15-10)8-3-7(4-11)5-12-6-8/h3,5-6H,2H2,1H3,(H,13,15). The highest BCUT2D eigenvalue weighted by Crippen LogP contribution is 2.25. The van der Waals surface area contributed by atoms with Crippen LogP contribution >= 0.6 is 11.7 Å². The molecule has 2 heterocycles. The Morgan fingerprint density at radius 1 is 1.44 bits per heavy atom. The molecule has 0 bridgehead atoms. The quantitative estimate of drug-likeness (QED) is 0.873. The molecule has 2 aromatic rings. The fourth-order valence-electron chi connectivity index (χ4n) is 1.29. The maximum absolute atomic E-state index is 8.79. The van der Waals surface area contributed by atoms with Crippen molar-refractivity contribution in [3.63, 3.8) is 0 Å². The highest BCUT2D eigenvalue weighted by Gasteiger charge is 2.10. The fraction of sp³-hybridized carbons (Fsp3) is 0.200.